The van der Waals surface area contributed by atoms with Crippen molar-refractivity contribution in [1.82, 2.24) is 4.57 Å². The number of nitrogens with one attached hydrogen (secondary N) is 1. The Kier molecular flexibility index (Phi) is 5.36. The van der Waals surface area contributed by atoms with Crippen LogP contribution in [0.3, 0.4) is 0 Å². The standard InChI is InChI=1S/C21H15F3N2O3S2/c22-21(23,24)15-6-8-16(9-7-15)25-31(28,29)17-10-11-18-19(12-17)30-20(27)26(18)13-14-4-2-1-3-5-14/h1-12,25H,13H2. The van der Waals surface area contributed by atoms with Gasteiger partial charge in [-0.05, 0) is 48.0 Å². The summed E-state index contributed by atoms with van der Waals surface area (Å²) in [5.41, 5.74) is 0.668. The lowest BCUT2D eigenvalue weighted by Gasteiger charge is -2.10. The molecule has 1 heterocycles. The van der Waals surface area contributed by atoms with E-state index in [1.54, 1.807) is 10.6 Å². The van der Waals surface area contributed by atoms with Gasteiger partial charge in [0.1, 0.15) is 0 Å². The first-order valence-corrected chi connectivity index (χ1v) is 11.3. The molecule has 0 amide bonds. The van der Waals surface area contributed by atoms with Gasteiger partial charge in [0.15, 0.2) is 0 Å². The van der Waals surface area contributed by atoms with Gasteiger partial charge in [0.05, 0.1) is 27.2 Å². The highest BCUT2D eigenvalue weighted by Gasteiger charge is 2.30. The smallest absolute Gasteiger partial charge is 0.294 e. The van der Waals surface area contributed by atoms with Crippen LogP contribution in [0.25, 0.3) is 10.2 Å². The van der Waals surface area contributed by atoms with E-state index >= 15 is 0 Å². The molecule has 160 valence electrons. The molecule has 1 aromatic heterocycles. The molecule has 0 aliphatic carbocycles. The van der Waals surface area contributed by atoms with E-state index < -0.39 is 21.8 Å². The van der Waals surface area contributed by atoms with Gasteiger partial charge < -0.3 is 0 Å². The molecule has 4 aromatic rings. The molecule has 0 unspecified atom stereocenters. The van der Waals surface area contributed by atoms with Gasteiger partial charge >= 0.3 is 11.0 Å². The quantitative estimate of drug-likeness (QED) is 0.455. The van der Waals surface area contributed by atoms with Crippen LogP contribution in [0.4, 0.5) is 18.9 Å². The number of alkyl halides is 3. The van der Waals surface area contributed by atoms with Crippen LogP contribution in [0.15, 0.2) is 82.5 Å². The van der Waals surface area contributed by atoms with Crippen LogP contribution in [0, 0.1) is 0 Å². The van der Waals surface area contributed by atoms with Gasteiger partial charge in [0.2, 0.25) is 0 Å². The average Bonchev–Trinajstić information content (AvgIpc) is 3.03. The Morgan fingerprint density at radius 1 is 0.935 bits per heavy atom. The zero-order chi connectivity index (χ0) is 22.2. The second kappa shape index (κ2) is 7.86. The maximum atomic E-state index is 12.7. The Hall–Kier alpha value is -3.11. The van der Waals surface area contributed by atoms with E-state index in [9.17, 15) is 26.4 Å². The van der Waals surface area contributed by atoms with E-state index in [4.69, 9.17) is 0 Å². The maximum Gasteiger partial charge on any atom is 0.416 e. The van der Waals surface area contributed by atoms with Crippen molar-refractivity contribution in [2.24, 2.45) is 0 Å². The van der Waals surface area contributed by atoms with Gasteiger partial charge in [-0.2, -0.15) is 13.2 Å². The summed E-state index contributed by atoms with van der Waals surface area (Å²) in [4.78, 5) is 12.1. The van der Waals surface area contributed by atoms with Gasteiger partial charge in [-0.1, -0.05) is 41.7 Å². The van der Waals surface area contributed by atoms with Gasteiger partial charge in [0.25, 0.3) is 10.0 Å². The molecule has 0 aliphatic heterocycles. The van der Waals surface area contributed by atoms with Crippen LogP contribution in [0.5, 0.6) is 0 Å². The van der Waals surface area contributed by atoms with Crippen LogP contribution >= 0.6 is 11.3 Å². The normalized spacial score (nSPS) is 12.2. The molecule has 3 aromatic carbocycles. The van der Waals surface area contributed by atoms with Crippen LogP contribution in [-0.2, 0) is 22.7 Å². The highest BCUT2D eigenvalue weighted by atomic mass is 32.2. The molecule has 0 bridgehead atoms. The zero-order valence-corrected chi connectivity index (χ0v) is 17.4. The minimum atomic E-state index is -4.51. The molecule has 0 radical (unpaired) electrons. The molecule has 1 N–H and O–H groups in total. The van der Waals surface area contributed by atoms with Crippen LogP contribution < -0.4 is 9.60 Å². The summed E-state index contributed by atoms with van der Waals surface area (Å²) in [5, 5.41) is 0. The Labute approximate surface area is 179 Å². The molecule has 0 atom stereocenters. The Morgan fingerprint density at radius 3 is 2.26 bits per heavy atom. The predicted molar refractivity (Wildman–Crippen MR) is 114 cm³/mol. The molecule has 0 saturated heterocycles. The first-order valence-electron chi connectivity index (χ1n) is 9.01. The number of nitrogens with zero attached hydrogens (tertiary/aromatic N) is 1. The number of sulfonamides is 1. The summed E-state index contributed by atoms with van der Waals surface area (Å²) in [6.07, 6.45) is -4.51. The van der Waals surface area contributed by atoms with Gasteiger partial charge in [0, 0.05) is 5.69 Å². The largest absolute Gasteiger partial charge is 0.416 e. The first kappa shape index (κ1) is 21.1. The van der Waals surface area contributed by atoms with E-state index in [-0.39, 0.29) is 15.5 Å². The topological polar surface area (TPSA) is 68.2 Å². The number of anilines is 1. The fraction of sp³-hybridized carbons (Fsp3) is 0.0952. The molecule has 31 heavy (non-hydrogen) atoms. The summed E-state index contributed by atoms with van der Waals surface area (Å²) in [6.45, 7) is 0.357. The summed E-state index contributed by atoms with van der Waals surface area (Å²) < 4.78 is 67.8. The van der Waals surface area contributed by atoms with Crippen molar-refractivity contribution in [2.75, 3.05) is 4.72 Å². The van der Waals surface area contributed by atoms with Crippen molar-refractivity contribution in [3.8, 4) is 0 Å². The van der Waals surface area contributed by atoms with E-state index in [0.29, 0.717) is 16.8 Å². The minimum absolute atomic E-state index is 0.00271. The van der Waals surface area contributed by atoms with Crippen LogP contribution in [0.1, 0.15) is 11.1 Å². The Bertz CT molecular complexity index is 1390. The number of benzene rings is 3. The maximum absolute atomic E-state index is 12.7. The van der Waals surface area contributed by atoms with Crippen molar-refractivity contribution in [1.29, 1.82) is 0 Å². The third-order valence-electron chi connectivity index (χ3n) is 4.60. The van der Waals surface area contributed by atoms with Gasteiger partial charge in [-0.15, -0.1) is 0 Å². The summed E-state index contributed by atoms with van der Waals surface area (Å²) in [5.74, 6) is 0. The average molecular weight is 464 g/mol. The second-order valence-corrected chi connectivity index (χ2v) is 9.43. The lowest BCUT2D eigenvalue weighted by molar-refractivity contribution is -0.137. The molecule has 0 aliphatic rings. The lowest BCUT2D eigenvalue weighted by Crippen LogP contribution is -2.14. The SMILES string of the molecule is O=c1sc2cc(S(=O)(=O)Nc3ccc(C(F)(F)F)cc3)ccc2n1Cc1ccccc1. The number of fused-ring (bicyclic) bond motifs is 1. The first-order chi connectivity index (χ1) is 14.6. The monoisotopic (exact) mass is 464 g/mol. The van der Waals surface area contributed by atoms with Crippen molar-refractivity contribution in [2.45, 2.75) is 17.6 Å². The van der Waals surface area contributed by atoms with E-state index in [0.717, 1.165) is 41.2 Å². The van der Waals surface area contributed by atoms with Crippen LogP contribution in [0.2, 0.25) is 0 Å². The van der Waals surface area contributed by atoms with Crippen molar-refractivity contribution < 1.29 is 21.6 Å². The highest BCUT2D eigenvalue weighted by molar-refractivity contribution is 7.92. The number of aromatic nitrogens is 1. The second-order valence-electron chi connectivity index (χ2n) is 6.75. The lowest BCUT2D eigenvalue weighted by atomic mass is 10.2. The van der Waals surface area contributed by atoms with Crippen molar-refractivity contribution >= 4 is 37.3 Å². The Balaban J connectivity index is 1.62. The number of rotatable bonds is 5. The molecule has 0 fully saturated rings. The van der Waals surface area contributed by atoms with Gasteiger partial charge in [-0.3, -0.25) is 14.1 Å². The summed E-state index contributed by atoms with van der Waals surface area (Å²) >= 11 is 0.929. The molecule has 10 heteroatoms. The van der Waals surface area contributed by atoms with Crippen LogP contribution in [-0.4, -0.2) is 13.0 Å². The number of hydrogen-bond donors (Lipinski definition) is 1. The van der Waals surface area contributed by atoms with E-state index in [2.05, 4.69) is 4.72 Å². The molecular formula is C21H15F3N2O3S2. The highest BCUT2D eigenvalue weighted by Crippen LogP contribution is 2.30. The van der Waals surface area contributed by atoms with Gasteiger partial charge in [-0.25, -0.2) is 8.42 Å². The summed E-state index contributed by atoms with van der Waals surface area (Å²) in [7, 11) is -4.05. The molecule has 0 saturated carbocycles. The molecule has 0 spiro atoms. The third-order valence-corrected chi connectivity index (χ3v) is 6.92. The fourth-order valence-electron chi connectivity index (χ4n) is 3.07. The number of thiazole rings is 1. The molecule has 4 rings (SSSR count). The molecule has 5 nitrogen and oxygen atoms in total. The Morgan fingerprint density at radius 2 is 1.61 bits per heavy atom. The minimum Gasteiger partial charge on any atom is -0.294 e. The van der Waals surface area contributed by atoms with E-state index in [1.165, 1.54) is 12.1 Å². The van der Waals surface area contributed by atoms with E-state index in [1.807, 2.05) is 30.3 Å². The number of hydrogen-bond acceptors (Lipinski definition) is 4. The summed E-state index contributed by atoms with van der Waals surface area (Å²) in [6, 6.07) is 17.4. The van der Waals surface area contributed by atoms with Crippen molar-refractivity contribution in [3.63, 3.8) is 0 Å². The predicted octanol–water partition coefficient (Wildman–Crippen LogP) is 4.93. The van der Waals surface area contributed by atoms with Crippen molar-refractivity contribution in [3.05, 3.63) is 93.6 Å². The zero-order valence-electron chi connectivity index (χ0n) is 15.8. The molecular weight excluding hydrogens is 449 g/mol. The fourth-order valence-corrected chi connectivity index (χ4v) is 5.16. The third kappa shape index (κ3) is 4.49. The number of halogens is 3.